The van der Waals surface area contributed by atoms with Crippen LogP contribution in [-0.4, -0.2) is 74.3 Å². The van der Waals surface area contributed by atoms with Crippen LogP contribution in [0.4, 0.5) is 0 Å². The number of hydrogen-bond donors (Lipinski definition) is 4. The number of nitrogens with one attached hydrogen (secondary N) is 1. The summed E-state index contributed by atoms with van der Waals surface area (Å²) in [5, 5.41) is 49.4. The van der Waals surface area contributed by atoms with Gasteiger partial charge in [0.15, 0.2) is 11.9 Å². The zero-order chi connectivity index (χ0) is 40.9. The van der Waals surface area contributed by atoms with Crippen molar-refractivity contribution in [3.63, 3.8) is 0 Å². The van der Waals surface area contributed by atoms with Crippen molar-refractivity contribution < 1.29 is 49.1 Å². The number of rotatable bonds is 4. The molecule has 15 unspecified atom stereocenters. The molecule has 0 amide bonds. The van der Waals surface area contributed by atoms with E-state index >= 15 is 0 Å². The second-order valence-corrected chi connectivity index (χ2v) is 17.7. The summed E-state index contributed by atoms with van der Waals surface area (Å²) in [5.74, 6) is -2.35. The summed E-state index contributed by atoms with van der Waals surface area (Å²) < 4.78 is 19.0. The predicted molar refractivity (Wildman–Crippen MR) is 204 cm³/mol. The lowest BCUT2D eigenvalue weighted by Crippen LogP contribution is -2.55. The normalized spacial score (nSPS) is 46.1. The Hall–Kier alpha value is -3.65. The van der Waals surface area contributed by atoms with Crippen molar-refractivity contribution in [2.24, 2.45) is 52.8 Å². The van der Waals surface area contributed by atoms with Crippen LogP contribution in [0.25, 0.3) is 0 Å². The van der Waals surface area contributed by atoms with Crippen molar-refractivity contribution in [1.29, 1.82) is 5.41 Å². The molecule has 13 nitrogen and oxygen atoms in total. The number of aliphatic hydroxyl groups is 2. The first-order valence-corrected chi connectivity index (χ1v) is 19.5. The molecular weight excluding hydrogens is 708 g/mol. The molecule has 0 radical (unpaired) electrons. The van der Waals surface area contributed by atoms with Gasteiger partial charge in [0.25, 0.3) is 0 Å². The summed E-state index contributed by atoms with van der Waals surface area (Å²) in [4.78, 5) is 44.0. The fourth-order valence-corrected chi connectivity index (χ4v) is 10.9. The number of aliphatic hydroxyl groups excluding tert-OH is 2. The average Bonchev–Trinajstić information content (AvgIpc) is 3.36. The highest BCUT2D eigenvalue weighted by Gasteiger charge is 2.64. The van der Waals surface area contributed by atoms with E-state index in [9.17, 15) is 29.9 Å². The standard InChI is InChI=1S/C41H57NO9.CH3NO2/c1-20-15-31(43)30-17-23(4)32(50-33-19-39(9,42(47)48)26(7)27(8)49-33)14-11-21(2)29-13-12-28-25(6)22(3)16-24(5)35(28)40(29,10)36(44)34-37(45)41(30,18-20)51-38(34)46;2-1-4-3/h11-13,15,17,22,24-33,35,43-44H,14,16,18-19H2,1-10H3;1-3H/b21-11+,23-17+,36-34?;. The van der Waals surface area contributed by atoms with Gasteiger partial charge in [0.05, 0.1) is 36.6 Å². The number of Topliss-reactive ketones (excluding diaryl/α,β-unsaturated/α-hetero) is 1. The first-order chi connectivity index (χ1) is 25.7. The van der Waals surface area contributed by atoms with E-state index in [0.717, 1.165) is 12.0 Å². The fourth-order valence-electron chi connectivity index (χ4n) is 10.9. The van der Waals surface area contributed by atoms with Crippen LogP contribution in [0.15, 0.2) is 58.4 Å². The summed E-state index contributed by atoms with van der Waals surface area (Å²) in [6.45, 7) is 19.6. The Morgan fingerprint density at radius 2 is 1.69 bits per heavy atom. The molecule has 55 heavy (non-hydrogen) atoms. The topological polar surface area (TPSA) is 199 Å². The Balaban J connectivity index is 0.00000138. The molecule has 0 aromatic rings. The smallest absolute Gasteiger partial charge is 0.346 e. The average molecular weight is 769 g/mol. The number of allylic oxidation sites excluding steroid dienone is 4. The molecule has 2 heterocycles. The Bertz CT molecular complexity index is 1720. The first kappa shape index (κ1) is 42.5. The molecule has 0 aromatic heterocycles. The van der Waals surface area contributed by atoms with Crippen molar-refractivity contribution >= 4 is 18.2 Å². The fraction of sp³-hybridized carbons (Fsp3) is 0.690. The van der Waals surface area contributed by atoms with Crippen LogP contribution in [-0.2, 0) is 28.7 Å². The van der Waals surface area contributed by atoms with Crippen molar-refractivity contribution in [2.45, 2.75) is 131 Å². The number of ether oxygens (including phenoxy) is 3. The van der Waals surface area contributed by atoms with Gasteiger partial charge in [0.2, 0.25) is 17.7 Å². The SMILES string of the molecule is CC1=CC(O)C2/C=C(\C)C(OC3CC(C)([N+](=O)[O-])C(C)C(C)O3)C/C=C(\C)C3C=CC4C(C)C(C)CC(C)C4C3(C)C(O)=C3C(=O)OC2(C1)C3=O.N=COO. The molecule has 2 saturated heterocycles. The largest absolute Gasteiger partial charge is 0.511 e. The van der Waals surface area contributed by atoms with Crippen molar-refractivity contribution in [3.8, 4) is 0 Å². The van der Waals surface area contributed by atoms with E-state index < -0.39 is 58.8 Å². The number of carbonyl (C=O) groups excluding carboxylic acids is 2. The van der Waals surface area contributed by atoms with Crippen molar-refractivity contribution in [3.05, 3.63) is 68.5 Å². The monoisotopic (exact) mass is 768 g/mol. The number of fused-ring (bicyclic) bond motifs is 4. The third-order valence-corrected chi connectivity index (χ3v) is 14.4. The zero-order valence-electron chi connectivity index (χ0n) is 33.8. The molecule has 2 bridgehead atoms. The number of esters is 1. The summed E-state index contributed by atoms with van der Waals surface area (Å²) in [7, 11) is 0. The van der Waals surface area contributed by atoms with Crippen LogP contribution in [0.3, 0.4) is 0 Å². The number of hydrogen-bond acceptors (Lipinski definition) is 12. The third kappa shape index (κ3) is 7.14. The molecule has 0 aromatic carbocycles. The summed E-state index contributed by atoms with van der Waals surface area (Å²) in [6.07, 6.45) is 8.68. The lowest BCUT2D eigenvalue weighted by Gasteiger charge is -2.56. The molecule has 1 spiro atoms. The van der Waals surface area contributed by atoms with Gasteiger partial charge in [-0.05, 0) is 75.7 Å². The highest BCUT2D eigenvalue weighted by atomic mass is 17.1. The highest BCUT2D eigenvalue weighted by Crippen LogP contribution is 2.61. The Morgan fingerprint density at radius 1 is 1.04 bits per heavy atom. The minimum Gasteiger partial charge on any atom is -0.511 e. The van der Waals surface area contributed by atoms with E-state index in [-0.39, 0.29) is 58.7 Å². The minimum absolute atomic E-state index is 0.0498. The molecule has 2 aliphatic heterocycles. The molecule has 304 valence electrons. The van der Waals surface area contributed by atoms with Gasteiger partial charge < -0.3 is 29.3 Å². The van der Waals surface area contributed by atoms with Crippen LogP contribution in [0.2, 0.25) is 0 Å². The number of nitro groups is 1. The highest BCUT2D eigenvalue weighted by molar-refractivity contribution is 6.26. The van der Waals surface area contributed by atoms with E-state index in [1.165, 1.54) is 0 Å². The van der Waals surface area contributed by atoms with Crippen LogP contribution < -0.4 is 0 Å². The quantitative estimate of drug-likeness (QED) is 0.0327. The molecular formula is C42H60N2O11. The van der Waals surface area contributed by atoms with Gasteiger partial charge in [0, 0.05) is 29.6 Å². The Kier molecular flexibility index (Phi) is 12.1. The summed E-state index contributed by atoms with van der Waals surface area (Å²) >= 11 is 0. The second kappa shape index (κ2) is 15.7. The van der Waals surface area contributed by atoms with Crippen molar-refractivity contribution in [2.75, 3.05) is 0 Å². The third-order valence-electron chi connectivity index (χ3n) is 14.4. The maximum absolute atomic E-state index is 14.9. The molecule has 3 fully saturated rings. The molecule has 15 atom stereocenters. The molecule has 4 N–H and O–H groups in total. The zero-order valence-corrected chi connectivity index (χ0v) is 33.8. The number of carbonyl (C=O) groups is 2. The number of nitrogens with zero attached hydrogens (tertiary/aromatic N) is 1. The van der Waals surface area contributed by atoms with Crippen molar-refractivity contribution in [1.82, 2.24) is 0 Å². The van der Waals surface area contributed by atoms with Gasteiger partial charge >= 0.3 is 5.97 Å². The lowest BCUT2D eigenvalue weighted by molar-refractivity contribution is -0.591. The summed E-state index contributed by atoms with van der Waals surface area (Å²) in [6, 6.07) is 0. The van der Waals surface area contributed by atoms with Gasteiger partial charge in [-0.15, -0.1) is 0 Å². The van der Waals surface area contributed by atoms with Crippen LogP contribution in [0.5, 0.6) is 0 Å². The molecule has 13 heteroatoms. The molecule has 1 saturated carbocycles. The Morgan fingerprint density at radius 3 is 2.31 bits per heavy atom. The van der Waals surface area contributed by atoms with Gasteiger partial charge in [-0.2, -0.15) is 0 Å². The van der Waals surface area contributed by atoms with E-state index in [0.29, 0.717) is 35.8 Å². The first-order valence-electron chi connectivity index (χ1n) is 19.5. The maximum atomic E-state index is 14.9. The molecule has 6 rings (SSSR count). The minimum atomic E-state index is -1.76. The lowest BCUT2D eigenvalue weighted by atomic mass is 9.48. The van der Waals surface area contributed by atoms with E-state index in [1.54, 1.807) is 26.0 Å². The Labute approximate surface area is 324 Å². The van der Waals surface area contributed by atoms with E-state index in [4.69, 9.17) is 24.9 Å². The molecule has 4 aliphatic carbocycles. The number of ketones is 1. The molecule has 6 aliphatic rings. The van der Waals surface area contributed by atoms with Crippen LogP contribution in [0.1, 0.15) is 94.9 Å². The predicted octanol–water partition coefficient (Wildman–Crippen LogP) is 7.30. The maximum Gasteiger partial charge on any atom is 0.346 e. The van der Waals surface area contributed by atoms with Crippen LogP contribution >= 0.6 is 0 Å². The van der Waals surface area contributed by atoms with E-state index in [1.807, 2.05) is 34.6 Å². The van der Waals surface area contributed by atoms with E-state index in [2.05, 4.69) is 43.9 Å². The summed E-state index contributed by atoms with van der Waals surface area (Å²) in [5.41, 5.74) is -2.03. The van der Waals surface area contributed by atoms with Gasteiger partial charge in [0.1, 0.15) is 11.3 Å². The van der Waals surface area contributed by atoms with Crippen LogP contribution in [0, 0.1) is 68.3 Å². The second-order valence-electron chi connectivity index (χ2n) is 17.7. The van der Waals surface area contributed by atoms with Gasteiger partial charge in [-0.3, -0.25) is 20.3 Å². The van der Waals surface area contributed by atoms with Gasteiger partial charge in [-0.1, -0.05) is 76.1 Å². The van der Waals surface area contributed by atoms with Gasteiger partial charge in [-0.25, -0.2) is 10.1 Å².